The standard InChI is InChI=1S/C11H13N3O4S3/c15-20(16)6-2-3-8(7-20)14-21(17,18)10-5-1-4-9-11(10)13-19-12-9/h1,4-5,8,14H,2-3,6-7H2/t8-/m1/s1. The molecule has 1 N–H and O–H groups in total. The zero-order valence-corrected chi connectivity index (χ0v) is 13.3. The Labute approximate surface area is 126 Å². The van der Waals surface area contributed by atoms with Gasteiger partial charge in [0.05, 0.1) is 23.2 Å². The summed E-state index contributed by atoms with van der Waals surface area (Å²) in [5.41, 5.74) is 0.827. The van der Waals surface area contributed by atoms with Gasteiger partial charge in [-0.1, -0.05) is 6.07 Å². The third-order valence-corrected chi connectivity index (χ3v) is 7.24. The highest BCUT2D eigenvalue weighted by molar-refractivity contribution is 7.91. The van der Waals surface area contributed by atoms with E-state index in [1.165, 1.54) is 6.07 Å². The molecule has 0 aliphatic carbocycles. The Balaban J connectivity index is 1.92. The topological polar surface area (TPSA) is 106 Å². The van der Waals surface area contributed by atoms with E-state index < -0.39 is 25.9 Å². The molecule has 1 aliphatic heterocycles. The number of rotatable bonds is 3. The molecule has 1 aliphatic rings. The minimum absolute atomic E-state index is 0.0386. The highest BCUT2D eigenvalue weighted by Gasteiger charge is 2.29. The van der Waals surface area contributed by atoms with Crippen molar-refractivity contribution in [3.05, 3.63) is 18.2 Å². The summed E-state index contributed by atoms with van der Waals surface area (Å²) in [5, 5.41) is 0. The molecule has 10 heteroatoms. The van der Waals surface area contributed by atoms with Crippen molar-refractivity contribution in [2.24, 2.45) is 0 Å². The van der Waals surface area contributed by atoms with E-state index >= 15 is 0 Å². The molecule has 0 unspecified atom stereocenters. The lowest BCUT2D eigenvalue weighted by Gasteiger charge is -2.22. The molecule has 1 saturated heterocycles. The third kappa shape index (κ3) is 3.07. The zero-order valence-electron chi connectivity index (χ0n) is 10.9. The van der Waals surface area contributed by atoms with Crippen molar-refractivity contribution in [1.29, 1.82) is 0 Å². The van der Waals surface area contributed by atoms with E-state index in [9.17, 15) is 16.8 Å². The normalized spacial score (nSPS) is 22.4. The minimum atomic E-state index is -3.82. The van der Waals surface area contributed by atoms with Gasteiger partial charge in [-0.25, -0.2) is 21.6 Å². The van der Waals surface area contributed by atoms with Gasteiger partial charge in [0.25, 0.3) is 0 Å². The Bertz CT molecular complexity index is 873. The summed E-state index contributed by atoms with van der Waals surface area (Å²) in [6.45, 7) is 0. The van der Waals surface area contributed by atoms with Crippen LogP contribution in [0.4, 0.5) is 0 Å². The minimum Gasteiger partial charge on any atom is -0.229 e. The van der Waals surface area contributed by atoms with Crippen LogP contribution < -0.4 is 4.72 Å². The number of nitrogens with zero attached hydrogens (tertiary/aromatic N) is 2. The van der Waals surface area contributed by atoms with Crippen LogP contribution in [0, 0.1) is 0 Å². The fourth-order valence-corrected chi connectivity index (χ4v) is 6.18. The molecule has 1 atom stereocenters. The molecule has 3 rings (SSSR count). The molecule has 1 aromatic carbocycles. The predicted molar refractivity (Wildman–Crippen MR) is 79.4 cm³/mol. The van der Waals surface area contributed by atoms with Crippen molar-refractivity contribution in [3.8, 4) is 0 Å². The molecule has 2 aromatic rings. The lowest BCUT2D eigenvalue weighted by atomic mass is 10.2. The number of hydrogen-bond acceptors (Lipinski definition) is 7. The summed E-state index contributed by atoms with van der Waals surface area (Å²) >= 11 is 0.941. The molecule has 2 heterocycles. The first-order chi connectivity index (χ1) is 9.87. The molecule has 114 valence electrons. The van der Waals surface area contributed by atoms with E-state index in [0.29, 0.717) is 23.9 Å². The number of hydrogen-bond donors (Lipinski definition) is 1. The molecular weight excluding hydrogens is 334 g/mol. The van der Waals surface area contributed by atoms with Crippen LogP contribution in [-0.2, 0) is 19.9 Å². The van der Waals surface area contributed by atoms with E-state index in [2.05, 4.69) is 13.5 Å². The number of sulfone groups is 1. The van der Waals surface area contributed by atoms with Crippen LogP contribution in [-0.4, -0.2) is 43.1 Å². The van der Waals surface area contributed by atoms with Crippen molar-refractivity contribution in [2.75, 3.05) is 11.5 Å². The number of benzene rings is 1. The molecular formula is C11H13N3O4S3. The third-order valence-electron chi connectivity index (χ3n) is 3.32. The average Bonchev–Trinajstić information content (AvgIpc) is 2.84. The second kappa shape index (κ2) is 5.27. The molecule has 0 spiro atoms. The van der Waals surface area contributed by atoms with E-state index in [-0.39, 0.29) is 16.4 Å². The molecule has 0 bridgehead atoms. The smallest absolute Gasteiger partial charge is 0.229 e. The number of sulfonamides is 1. The van der Waals surface area contributed by atoms with Gasteiger partial charge >= 0.3 is 0 Å². The van der Waals surface area contributed by atoms with Gasteiger partial charge in [0.2, 0.25) is 10.0 Å². The lowest BCUT2D eigenvalue weighted by molar-refractivity contribution is 0.517. The maximum absolute atomic E-state index is 12.5. The van der Waals surface area contributed by atoms with Crippen LogP contribution >= 0.6 is 11.7 Å². The Morgan fingerprint density at radius 1 is 1.29 bits per heavy atom. The van der Waals surface area contributed by atoms with Crippen molar-refractivity contribution in [2.45, 2.75) is 23.8 Å². The van der Waals surface area contributed by atoms with Crippen molar-refractivity contribution < 1.29 is 16.8 Å². The first kappa shape index (κ1) is 14.8. The monoisotopic (exact) mass is 347 g/mol. The Morgan fingerprint density at radius 3 is 2.86 bits per heavy atom. The highest BCUT2D eigenvalue weighted by Crippen LogP contribution is 2.22. The van der Waals surface area contributed by atoms with Crippen LogP contribution in [0.5, 0.6) is 0 Å². The van der Waals surface area contributed by atoms with Gasteiger partial charge in [0.15, 0.2) is 9.84 Å². The van der Waals surface area contributed by atoms with E-state index in [1.54, 1.807) is 12.1 Å². The zero-order chi connectivity index (χ0) is 15.1. The summed E-state index contributed by atoms with van der Waals surface area (Å²) in [4.78, 5) is 0.0386. The first-order valence-electron chi connectivity index (χ1n) is 6.31. The van der Waals surface area contributed by atoms with Gasteiger partial charge in [0, 0.05) is 6.04 Å². The lowest BCUT2D eigenvalue weighted by Crippen LogP contribution is -2.43. The molecule has 1 aromatic heterocycles. The van der Waals surface area contributed by atoms with Gasteiger partial charge in [-0.2, -0.15) is 8.75 Å². The van der Waals surface area contributed by atoms with Crippen molar-refractivity contribution in [1.82, 2.24) is 13.5 Å². The van der Waals surface area contributed by atoms with Gasteiger partial charge in [-0.3, -0.25) is 0 Å². The summed E-state index contributed by atoms with van der Waals surface area (Å²) in [6, 6.07) is 4.14. The predicted octanol–water partition coefficient (Wildman–Crippen LogP) is 0.547. The average molecular weight is 347 g/mol. The fourth-order valence-electron chi connectivity index (χ4n) is 2.40. The SMILES string of the molecule is O=S1(=O)CCC[C@@H](NS(=O)(=O)c2cccc3nsnc23)C1. The first-order valence-corrected chi connectivity index (χ1v) is 10.3. The molecule has 0 saturated carbocycles. The Hall–Kier alpha value is -1.10. The van der Waals surface area contributed by atoms with Crippen LogP contribution in [0.15, 0.2) is 23.1 Å². The molecule has 21 heavy (non-hydrogen) atoms. The second-order valence-electron chi connectivity index (χ2n) is 4.96. The summed E-state index contributed by atoms with van der Waals surface area (Å²) in [5.74, 6) is -0.0334. The van der Waals surface area contributed by atoms with Crippen molar-refractivity contribution >= 4 is 42.6 Å². The van der Waals surface area contributed by atoms with Crippen LogP contribution in [0.2, 0.25) is 0 Å². The highest BCUT2D eigenvalue weighted by atomic mass is 32.2. The number of nitrogens with one attached hydrogen (secondary N) is 1. The number of aromatic nitrogens is 2. The van der Waals surface area contributed by atoms with Gasteiger partial charge in [-0.15, -0.1) is 0 Å². The van der Waals surface area contributed by atoms with Crippen molar-refractivity contribution in [3.63, 3.8) is 0 Å². The largest absolute Gasteiger partial charge is 0.243 e. The van der Waals surface area contributed by atoms with E-state index in [0.717, 1.165) is 11.7 Å². The summed E-state index contributed by atoms with van der Waals surface area (Å²) < 4.78 is 58.6. The van der Waals surface area contributed by atoms with Gasteiger partial charge in [-0.05, 0) is 25.0 Å². The second-order valence-corrected chi connectivity index (χ2v) is 9.40. The maximum atomic E-state index is 12.5. The molecule has 1 fully saturated rings. The van der Waals surface area contributed by atoms with Crippen LogP contribution in [0.1, 0.15) is 12.8 Å². The van der Waals surface area contributed by atoms with E-state index in [4.69, 9.17) is 0 Å². The summed E-state index contributed by atoms with van der Waals surface area (Å²) in [7, 11) is -6.99. The molecule has 0 amide bonds. The van der Waals surface area contributed by atoms with E-state index in [1.807, 2.05) is 0 Å². The van der Waals surface area contributed by atoms with Crippen LogP contribution in [0.25, 0.3) is 11.0 Å². The maximum Gasteiger partial charge on any atom is 0.243 e. The van der Waals surface area contributed by atoms with Crippen LogP contribution in [0.3, 0.4) is 0 Å². The van der Waals surface area contributed by atoms with Gasteiger partial charge < -0.3 is 0 Å². The number of fused-ring (bicyclic) bond motifs is 1. The van der Waals surface area contributed by atoms with Gasteiger partial charge in [0.1, 0.15) is 15.9 Å². The quantitative estimate of drug-likeness (QED) is 0.869. The molecule has 0 radical (unpaired) electrons. The fraction of sp³-hybridized carbons (Fsp3) is 0.455. The Morgan fingerprint density at radius 2 is 2.10 bits per heavy atom. The summed E-state index contributed by atoms with van der Waals surface area (Å²) in [6.07, 6.45) is 0.988. The Kier molecular flexibility index (Phi) is 3.72. The molecule has 7 nitrogen and oxygen atoms in total.